The van der Waals surface area contributed by atoms with E-state index in [-0.39, 0.29) is 5.91 Å². The Morgan fingerprint density at radius 3 is 2.83 bits per heavy atom. The summed E-state index contributed by atoms with van der Waals surface area (Å²) >= 11 is 3.37. The Labute approximate surface area is 180 Å². The van der Waals surface area contributed by atoms with Gasteiger partial charge in [-0.15, -0.1) is 0 Å². The second kappa shape index (κ2) is 10.6. The number of thioether (sulfide) groups is 1. The van der Waals surface area contributed by atoms with Gasteiger partial charge in [-0.3, -0.25) is 4.79 Å². The molecule has 29 heavy (non-hydrogen) atoms. The van der Waals surface area contributed by atoms with Crippen molar-refractivity contribution < 1.29 is 9.53 Å². The van der Waals surface area contributed by atoms with Crippen molar-refractivity contribution in [1.82, 2.24) is 4.57 Å². The van der Waals surface area contributed by atoms with Gasteiger partial charge in [0.25, 0.3) is 5.91 Å². The standard InChI is InChI=1S/C23H28N2O2S2/c1-4-6-13-27-19-9-7-8-18(16-19)22(26)24-23-25(12-14-28-3)20-11-10-17(5-2)15-21(20)29-23/h7-11,15-16H,4-6,12-14H2,1-3H3. The average molecular weight is 429 g/mol. The number of ether oxygens (including phenoxy) is 1. The Morgan fingerprint density at radius 2 is 2.07 bits per heavy atom. The summed E-state index contributed by atoms with van der Waals surface area (Å²) in [6.45, 7) is 5.78. The van der Waals surface area contributed by atoms with Crippen molar-refractivity contribution >= 4 is 39.2 Å². The number of amides is 1. The first-order valence-electron chi connectivity index (χ1n) is 10.1. The smallest absolute Gasteiger partial charge is 0.279 e. The number of thiazole rings is 1. The van der Waals surface area contributed by atoms with E-state index in [0.29, 0.717) is 12.2 Å². The van der Waals surface area contributed by atoms with Gasteiger partial charge in [-0.05, 0) is 55.0 Å². The lowest BCUT2D eigenvalue weighted by Crippen LogP contribution is -2.18. The summed E-state index contributed by atoms with van der Waals surface area (Å²) in [5.41, 5.74) is 3.00. The third kappa shape index (κ3) is 5.52. The quantitative estimate of drug-likeness (QED) is 0.420. The van der Waals surface area contributed by atoms with Gasteiger partial charge in [0.1, 0.15) is 5.75 Å². The molecule has 6 heteroatoms. The van der Waals surface area contributed by atoms with E-state index in [2.05, 4.69) is 47.9 Å². The Bertz CT molecular complexity index is 1040. The zero-order valence-electron chi connectivity index (χ0n) is 17.3. The van der Waals surface area contributed by atoms with E-state index in [4.69, 9.17) is 4.74 Å². The Hall–Kier alpha value is -2.05. The van der Waals surface area contributed by atoms with Crippen LogP contribution in [0.5, 0.6) is 5.75 Å². The maximum atomic E-state index is 12.9. The number of unbranched alkanes of at least 4 members (excludes halogenated alkanes) is 1. The van der Waals surface area contributed by atoms with Crippen LogP contribution < -0.4 is 9.54 Å². The number of rotatable bonds is 9. The SMILES string of the molecule is CCCCOc1cccc(C(=O)N=c2sc3cc(CC)ccc3n2CCSC)c1. The summed E-state index contributed by atoms with van der Waals surface area (Å²) < 4.78 is 9.08. The van der Waals surface area contributed by atoms with E-state index in [0.717, 1.165) is 47.6 Å². The van der Waals surface area contributed by atoms with Crippen LogP contribution >= 0.6 is 23.1 Å². The molecule has 1 amide bonds. The minimum atomic E-state index is -0.230. The van der Waals surface area contributed by atoms with Gasteiger partial charge in [0.2, 0.25) is 0 Å². The third-order valence-corrected chi connectivity index (χ3v) is 6.35. The lowest BCUT2D eigenvalue weighted by molar-refractivity contribution is 0.0997. The van der Waals surface area contributed by atoms with Crippen molar-refractivity contribution in [2.24, 2.45) is 4.99 Å². The minimum absolute atomic E-state index is 0.230. The molecule has 0 N–H and O–H groups in total. The lowest BCUT2D eigenvalue weighted by atomic mass is 10.2. The maximum Gasteiger partial charge on any atom is 0.279 e. The molecule has 0 aliphatic carbocycles. The topological polar surface area (TPSA) is 43.6 Å². The first kappa shape index (κ1) is 21.7. The summed E-state index contributed by atoms with van der Waals surface area (Å²) in [4.78, 5) is 18.1. The van der Waals surface area contributed by atoms with Gasteiger partial charge in [-0.1, -0.05) is 43.7 Å². The van der Waals surface area contributed by atoms with Crippen molar-refractivity contribution in [3.63, 3.8) is 0 Å². The van der Waals surface area contributed by atoms with Crippen molar-refractivity contribution in [1.29, 1.82) is 0 Å². The van der Waals surface area contributed by atoms with Crippen LogP contribution in [0.25, 0.3) is 10.2 Å². The number of carbonyl (C=O) groups is 1. The molecule has 0 aliphatic rings. The molecule has 0 radical (unpaired) electrons. The zero-order valence-corrected chi connectivity index (χ0v) is 18.9. The van der Waals surface area contributed by atoms with Gasteiger partial charge < -0.3 is 9.30 Å². The number of carbonyl (C=O) groups excluding carboxylic acids is 1. The van der Waals surface area contributed by atoms with Crippen LogP contribution in [0.4, 0.5) is 0 Å². The van der Waals surface area contributed by atoms with Gasteiger partial charge in [0, 0.05) is 17.9 Å². The van der Waals surface area contributed by atoms with E-state index in [9.17, 15) is 4.79 Å². The molecule has 4 nitrogen and oxygen atoms in total. The summed E-state index contributed by atoms with van der Waals surface area (Å²) in [5, 5.41) is 0. The highest BCUT2D eigenvalue weighted by Gasteiger charge is 2.10. The predicted molar refractivity (Wildman–Crippen MR) is 124 cm³/mol. The fourth-order valence-corrected chi connectivity index (χ4v) is 4.51. The van der Waals surface area contributed by atoms with Crippen molar-refractivity contribution in [2.45, 2.75) is 39.7 Å². The zero-order chi connectivity index (χ0) is 20.6. The number of aryl methyl sites for hydroxylation is 2. The molecular formula is C23H28N2O2S2. The lowest BCUT2D eigenvalue weighted by Gasteiger charge is -2.06. The number of hydrogen-bond donors (Lipinski definition) is 0. The normalized spacial score (nSPS) is 11.9. The Kier molecular flexibility index (Phi) is 7.95. The van der Waals surface area contributed by atoms with Crippen LogP contribution in [-0.4, -0.2) is 29.1 Å². The maximum absolute atomic E-state index is 12.9. The number of fused-ring (bicyclic) bond motifs is 1. The molecule has 3 aromatic rings. The van der Waals surface area contributed by atoms with Crippen molar-refractivity contribution in [3.8, 4) is 5.75 Å². The molecule has 154 valence electrons. The van der Waals surface area contributed by atoms with E-state index >= 15 is 0 Å². The van der Waals surface area contributed by atoms with Crippen LogP contribution in [-0.2, 0) is 13.0 Å². The number of benzene rings is 2. The molecule has 2 aromatic carbocycles. The highest BCUT2D eigenvalue weighted by Crippen LogP contribution is 2.21. The summed E-state index contributed by atoms with van der Waals surface area (Å²) in [6.07, 6.45) is 5.17. The number of nitrogens with zero attached hydrogens (tertiary/aromatic N) is 2. The minimum Gasteiger partial charge on any atom is -0.494 e. The van der Waals surface area contributed by atoms with Crippen LogP contribution in [0.15, 0.2) is 47.5 Å². The fraction of sp³-hybridized carbons (Fsp3) is 0.391. The molecular weight excluding hydrogens is 400 g/mol. The average Bonchev–Trinajstić information content (AvgIpc) is 3.08. The predicted octanol–water partition coefficient (Wildman–Crippen LogP) is 5.55. The molecule has 1 aromatic heterocycles. The summed E-state index contributed by atoms with van der Waals surface area (Å²) in [5.74, 6) is 1.47. The molecule has 0 saturated heterocycles. The molecule has 0 fully saturated rings. The van der Waals surface area contributed by atoms with E-state index in [1.807, 2.05) is 12.1 Å². The largest absolute Gasteiger partial charge is 0.494 e. The first-order valence-corrected chi connectivity index (χ1v) is 12.3. The van der Waals surface area contributed by atoms with Crippen molar-refractivity contribution in [2.75, 3.05) is 18.6 Å². The van der Waals surface area contributed by atoms with Crippen LogP contribution in [0.1, 0.15) is 42.6 Å². The molecule has 1 heterocycles. The van der Waals surface area contributed by atoms with Gasteiger partial charge in [-0.2, -0.15) is 16.8 Å². The van der Waals surface area contributed by atoms with Gasteiger partial charge in [0.05, 0.1) is 16.8 Å². The van der Waals surface area contributed by atoms with Crippen molar-refractivity contribution in [3.05, 3.63) is 58.4 Å². The molecule has 0 spiro atoms. The van der Waals surface area contributed by atoms with Gasteiger partial charge >= 0.3 is 0 Å². The number of hydrogen-bond acceptors (Lipinski definition) is 4. The Morgan fingerprint density at radius 1 is 1.21 bits per heavy atom. The van der Waals surface area contributed by atoms with E-state index in [1.54, 1.807) is 35.2 Å². The highest BCUT2D eigenvalue weighted by atomic mass is 32.2. The van der Waals surface area contributed by atoms with Crippen LogP contribution in [0.2, 0.25) is 0 Å². The highest BCUT2D eigenvalue weighted by molar-refractivity contribution is 7.98. The second-order valence-electron chi connectivity index (χ2n) is 6.83. The monoisotopic (exact) mass is 428 g/mol. The van der Waals surface area contributed by atoms with E-state index < -0.39 is 0 Å². The molecule has 0 aliphatic heterocycles. The van der Waals surface area contributed by atoms with Gasteiger partial charge in [-0.25, -0.2) is 0 Å². The molecule has 3 rings (SSSR count). The molecule has 0 bridgehead atoms. The molecule has 0 unspecified atom stereocenters. The van der Waals surface area contributed by atoms with Crippen LogP contribution in [0.3, 0.4) is 0 Å². The number of aromatic nitrogens is 1. The molecule has 0 atom stereocenters. The molecule has 0 saturated carbocycles. The summed E-state index contributed by atoms with van der Waals surface area (Å²) in [6, 6.07) is 13.8. The second-order valence-corrected chi connectivity index (χ2v) is 8.83. The Balaban J connectivity index is 1.95. The first-order chi connectivity index (χ1) is 14.2. The van der Waals surface area contributed by atoms with Gasteiger partial charge in [0.15, 0.2) is 4.80 Å². The summed E-state index contributed by atoms with van der Waals surface area (Å²) in [7, 11) is 0. The fourth-order valence-electron chi connectivity index (χ4n) is 3.03. The van der Waals surface area contributed by atoms with Crippen LogP contribution in [0, 0.1) is 0 Å². The van der Waals surface area contributed by atoms with E-state index in [1.165, 1.54) is 10.3 Å². The third-order valence-electron chi connectivity index (χ3n) is 4.72.